The molecule has 1 heterocycles. The maximum atomic E-state index is 10.6. The van der Waals surface area contributed by atoms with Crippen LogP contribution in [0.2, 0.25) is 0 Å². The van der Waals surface area contributed by atoms with Crippen LogP contribution in [0.4, 0.5) is 0 Å². The van der Waals surface area contributed by atoms with E-state index >= 15 is 0 Å². The van der Waals surface area contributed by atoms with Gasteiger partial charge in [0.2, 0.25) is 9.05 Å². The van der Waals surface area contributed by atoms with Crippen LogP contribution >= 0.6 is 10.7 Å². The van der Waals surface area contributed by atoms with Crippen molar-refractivity contribution in [3.8, 4) is 0 Å². The molecule has 5 heteroatoms. The Balaban J connectivity index is 2.19. The fourth-order valence-electron chi connectivity index (χ4n) is 1.57. The van der Waals surface area contributed by atoms with Gasteiger partial charge >= 0.3 is 0 Å². The third kappa shape index (κ3) is 5.62. The smallest absolute Gasteiger partial charge is 0.236 e. The van der Waals surface area contributed by atoms with E-state index in [1.165, 1.54) is 19.3 Å². The molecule has 1 unspecified atom stereocenters. The van der Waals surface area contributed by atoms with Crippen LogP contribution in [0.1, 0.15) is 25.7 Å². The van der Waals surface area contributed by atoms with Gasteiger partial charge < -0.3 is 5.32 Å². The molecule has 3 nitrogen and oxygen atoms in total. The lowest BCUT2D eigenvalue weighted by molar-refractivity contribution is 0.403. The second-order valence-corrected chi connectivity index (χ2v) is 6.38. The van der Waals surface area contributed by atoms with E-state index in [9.17, 15) is 8.42 Å². The Hall–Kier alpha value is -0.0600. The van der Waals surface area contributed by atoms with Gasteiger partial charge in [-0.25, -0.2) is 8.42 Å². The topological polar surface area (TPSA) is 46.2 Å². The first-order chi connectivity index (χ1) is 6.58. The molecule has 0 amide bonds. The van der Waals surface area contributed by atoms with Gasteiger partial charge in [0.25, 0.3) is 0 Å². The summed E-state index contributed by atoms with van der Waals surface area (Å²) in [7, 11) is 1.70. The summed E-state index contributed by atoms with van der Waals surface area (Å²) in [5.74, 6) is -0.0682. The average Bonchev–Trinajstić information content (AvgIpc) is 2.13. The Morgan fingerprint density at radius 3 is 2.71 bits per heavy atom. The molecule has 0 aromatic rings. The molecule has 0 aromatic carbocycles. The Morgan fingerprint density at radius 2 is 2.14 bits per heavy atom. The molecule has 0 saturated carbocycles. The van der Waals surface area contributed by atoms with E-state index in [-0.39, 0.29) is 5.75 Å². The van der Waals surface area contributed by atoms with Gasteiger partial charge in [0.1, 0.15) is 0 Å². The Bertz CT molecular complexity index is 281. The summed E-state index contributed by atoms with van der Waals surface area (Å²) in [6.45, 7) is 1.08. The largest absolute Gasteiger partial charge is 0.314 e. The highest BCUT2D eigenvalue weighted by atomic mass is 35.7. The predicted octanol–water partition coefficient (Wildman–Crippen LogP) is 1.64. The van der Waals surface area contributed by atoms with Crippen molar-refractivity contribution in [3.05, 3.63) is 12.2 Å². The Morgan fingerprint density at radius 1 is 1.36 bits per heavy atom. The van der Waals surface area contributed by atoms with Crippen LogP contribution < -0.4 is 5.32 Å². The van der Waals surface area contributed by atoms with Crippen molar-refractivity contribution in [2.24, 2.45) is 0 Å². The van der Waals surface area contributed by atoms with Crippen LogP contribution in [0.25, 0.3) is 0 Å². The van der Waals surface area contributed by atoms with Crippen molar-refractivity contribution in [1.82, 2.24) is 5.32 Å². The fraction of sp³-hybridized carbons (Fsp3) is 0.778. The maximum Gasteiger partial charge on any atom is 0.236 e. The first-order valence-corrected chi connectivity index (χ1v) is 7.36. The van der Waals surface area contributed by atoms with E-state index in [0.717, 1.165) is 13.0 Å². The zero-order valence-corrected chi connectivity index (χ0v) is 9.65. The second-order valence-electron chi connectivity index (χ2n) is 3.56. The summed E-state index contributed by atoms with van der Waals surface area (Å²) in [4.78, 5) is 0. The van der Waals surface area contributed by atoms with Gasteiger partial charge in [-0.1, -0.05) is 18.6 Å². The second kappa shape index (κ2) is 5.73. The third-order valence-corrected chi connectivity index (χ3v) is 3.26. The lowest BCUT2D eigenvalue weighted by Crippen LogP contribution is -2.33. The summed E-state index contributed by atoms with van der Waals surface area (Å²) < 4.78 is 21.2. The molecule has 1 saturated heterocycles. The van der Waals surface area contributed by atoms with E-state index in [0.29, 0.717) is 6.04 Å². The van der Waals surface area contributed by atoms with Crippen molar-refractivity contribution in [3.63, 3.8) is 0 Å². The molecule has 1 N–H and O–H groups in total. The average molecular weight is 238 g/mol. The number of hydrogen-bond donors (Lipinski definition) is 1. The summed E-state index contributed by atoms with van der Waals surface area (Å²) in [5, 5.41) is 3.38. The van der Waals surface area contributed by atoms with E-state index in [1.54, 1.807) is 6.08 Å². The van der Waals surface area contributed by atoms with Gasteiger partial charge in [-0.05, 0) is 25.8 Å². The van der Waals surface area contributed by atoms with E-state index < -0.39 is 9.05 Å². The molecular weight excluding hydrogens is 222 g/mol. The lowest BCUT2D eigenvalue weighted by atomic mass is 10.0. The summed E-state index contributed by atoms with van der Waals surface area (Å²) in [6.07, 6.45) is 8.10. The first-order valence-electron chi connectivity index (χ1n) is 4.88. The van der Waals surface area contributed by atoms with Gasteiger partial charge in [0.15, 0.2) is 0 Å². The van der Waals surface area contributed by atoms with Crippen LogP contribution in [-0.2, 0) is 9.05 Å². The van der Waals surface area contributed by atoms with Gasteiger partial charge in [0, 0.05) is 16.7 Å². The van der Waals surface area contributed by atoms with Crippen LogP contribution in [0.3, 0.4) is 0 Å². The third-order valence-electron chi connectivity index (χ3n) is 2.29. The maximum absolute atomic E-state index is 10.6. The molecular formula is C9H16ClNO2S. The van der Waals surface area contributed by atoms with Crippen LogP contribution in [-0.4, -0.2) is 26.8 Å². The van der Waals surface area contributed by atoms with Gasteiger partial charge in [0.05, 0.1) is 5.75 Å². The zero-order chi connectivity index (χ0) is 10.4. The van der Waals surface area contributed by atoms with Gasteiger partial charge in [-0.2, -0.15) is 0 Å². The van der Waals surface area contributed by atoms with E-state index in [4.69, 9.17) is 10.7 Å². The molecule has 14 heavy (non-hydrogen) atoms. The van der Waals surface area contributed by atoms with Crippen LogP contribution in [0.15, 0.2) is 12.2 Å². The highest BCUT2D eigenvalue weighted by Crippen LogP contribution is 2.10. The minimum atomic E-state index is -3.36. The molecule has 82 valence electrons. The first kappa shape index (κ1) is 12.0. The molecule has 1 aliphatic rings. The van der Waals surface area contributed by atoms with Crippen LogP contribution in [0.5, 0.6) is 0 Å². The zero-order valence-electron chi connectivity index (χ0n) is 8.08. The van der Waals surface area contributed by atoms with Gasteiger partial charge in [-0.15, -0.1) is 0 Å². The quantitative estimate of drug-likeness (QED) is 0.597. The Labute approximate surface area is 89.9 Å². The highest BCUT2D eigenvalue weighted by Gasteiger charge is 2.10. The number of halogens is 1. The monoisotopic (exact) mass is 237 g/mol. The summed E-state index contributed by atoms with van der Waals surface area (Å²) >= 11 is 0. The molecule has 1 fully saturated rings. The van der Waals surface area contributed by atoms with Crippen molar-refractivity contribution >= 4 is 19.7 Å². The minimum absolute atomic E-state index is 0.0682. The standard InChI is InChI=1S/C9H16ClNO2S/c10-14(12,13)8-4-2-6-9-5-1-3-7-11-9/h2,4,9,11H,1,3,5-8H2/b4-2-. The fourth-order valence-corrected chi connectivity index (χ4v) is 2.15. The SMILES string of the molecule is O=S(=O)(Cl)C/C=C\CC1CCCCN1. The van der Waals surface area contributed by atoms with Crippen molar-refractivity contribution < 1.29 is 8.42 Å². The molecule has 0 radical (unpaired) electrons. The number of nitrogens with one attached hydrogen (secondary N) is 1. The Kier molecular flexibility index (Phi) is 4.92. The number of rotatable bonds is 4. The van der Waals surface area contributed by atoms with Gasteiger partial charge in [-0.3, -0.25) is 0 Å². The summed E-state index contributed by atoms with van der Waals surface area (Å²) in [5.41, 5.74) is 0. The molecule has 0 aromatic heterocycles. The van der Waals surface area contributed by atoms with Crippen molar-refractivity contribution in [1.29, 1.82) is 0 Å². The highest BCUT2D eigenvalue weighted by molar-refractivity contribution is 8.13. The van der Waals surface area contributed by atoms with E-state index in [1.807, 2.05) is 6.08 Å². The van der Waals surface area contributed by atoms with E-state index in [2.05, 4.69) is 5.32 Å². The lowest BCUT2D eigenvalue weighted by Gasteiger charge is -2.21. The van der Waals surface area contributed by atoms with Crippen molar-refractivity contribution in [2.75, 3.05) is 12.3 Å². The molecule has 1 aliphatic heterocycles. The minimum Gasteiger partial charge on any atom is -0.314 e. The van der Waals surface area contributed by atoms with Crippen LogP contribution in [0, 0.1) is 0 Å². The molecule has 1 atom stereocenters. The normalized spacial score (nSPS) is 24.2. The van der Waals surface area contributed by atoms with Crippen molar-refractivity contribution in [2.45, 2.75) is 31.7 Å². The number of piperidine rings is 1. The number of hydrogen-bond acceptors (Lipinski definition) is 3. The summed E-state index contributed by atoms with van der Waals surface area (Å²) in [6, 6.07) is 0.512. The molecule has 1 rings (SSSR count). The predicted molar refractivity (Wildman–Crippen MR) is 59.0 cm³/mol. The molecule has 0 bridgehead atoms. The molecule has 0 spiro atoms. The molecule has 0 aliphatic carbocycles.